The Morgan fingerprint density at radius 1 is 1.14 bits per heavy atom. The number of fused-ring (bicyclic) bond motifs is 3. The average Bonchev–Trinajstić information content (AvgIpc) is 2.69. The first-order valence-electron chi connectivity index (χ1n) is 8.48. The number of hydrogen-bond donors (Lipinski definition) is 1. The van der Waals surface area contributed by atoms with E-state index in [0.717, 1.165) is 5.56 Å². The maximum absolute atomic E-state index is 13.7. The van der Waals surface area contributed by atoms with Gasteiger partial charge in [0, 0.05) is 33.8 Å². The van der Waals surface area contributed by atoms with Crippen LogP contribution in [0.3, 0.4) is 0 Å². The standard InChI is InChI=1S/C21H15FN3O3/c1-11-3-4-12(21(27)28-2)7-18(11)25-20-15-9-19(26)23-10-16(15)14-8-13(22)5-6-17(14)24-20/h3-10H,1-2H3,(H,24,25). The molecule has 28 heavy (non-hydrogen) atoms. The lowest BCUT2D eigenvalue weighted by Crippen LogP contribution is -2.36. The van der Waals surface area contributed by atoms with Gasteiger partial charge in [0.1, 0.15) is 11.6 Å². The molecular weight excluding hydrogens is 361 g/mol. The van der Waals surface area contributed by atoms with Crippen LogP contribution in [0.5, 0.6) is 0 Å². The van der Waals surface area contributed by atoms with Crippen LogP contribution in [0.2, 0.25) is 0 Å². The lowest BCUT2D eigenvalue weighted by Gasteiger charge is -2.14. The van der Waals surface area contributed by atoms with Crippen LogP contribution in [0.25, 0.3) is 23.2 Å². The number of methoxy groups -OCH3 is 1. The molecule has 7 heteroatoms. The minimum atomic E-state index is -0.458. The van der Waals surface area contributed by atoms with Gasteiger partial charge in [-0.05, 0) is 42.8 Å². The van der Waals surface area contributed by atoms with E-state index in [9.17, 15) is 14.0 Å². The first-order valence-corrected chi connectivity index (χ1v) is 8.48. The third-order valence-electron chi connectivity index (χ3n) is 4.53. The van der Waals surface area contributed by atoms with Gasteiger partial charge in [0.05, 0.1) is 18.2 Å². The SMILES string of the molecule is COC(=O)c1ccc(C)c(Nc2nc3ccc(F)cc3c3c2=CC(=O)[N]C=3)c1. The zero-order chi connectivity index (χ0) is 19.8. The van der Waals surface area contributed by atoms with E-state index in [4.69, 9.17) is 4.74 Å². The van der Waals surface area contributed by atoms with E-state index in [1.54, 1.807) is 24.3 Å². The summed E-state index contributed by atoms with van der Waals surface area (Å²) in [5.41, 5.74) is 2.45. The molecule has 4 rings (SSSR count). The summed E-state index contributed by atoms with van der Waals surface area (Å²) in [5.74, 6) is -0.864. The van der Waals surface area contributed by atoms with Crippen molar-refractivity contribution in [2.45, 2.75) is 6.92 Å². The number of carbonyl (C=O) groups excluding carboxylic acids is 2. The van der Waals surface area contributed by atoms with Gasteiger partial charge in [-0.1, -0.05) is 6.07 Å². The van der Waals surface area contributed by atoms with E-state index in [1.807, 2.05) is 6.92 Å². The molecule has 139 valence electrons. The molecule has 0 spiro atoms. The third-order valence-corrected chi connectivity index (χ3v) is 4.53. The van der Waals surface area contributed by atoms with Gasteiger partial charge in [-0.15, -0.1) is 0 Å². The molecule has 0 saturated heterocycles. The zero-order valence-electron chi connectivity index (χ0n) is 15.1. The number of hydrogen-bond acceptors (Lipinski definition) is 5. The number of ether oxygens (including phenoxy) is 1. The molecule has 1 N–H and O–H groups in total. The molecule has 0 aliphatic carbocycles. The van der Waals surface area contributed by atoms with Crippen LogP contribution in [-0.2, 0) is 9.53 Å². The molecule has 0 unspecified atom stereocenters. The van der Waals surface area contributed by atoms with Gasteiger partial charge in [0.25, 0.3) is 5.91 Å². The molecule has 3 aromatic rings. The van der Waals surface area contributed by atoms with E-state index in [-0.39, 0.29) is 0 Å². The van der Waals surface area contributed by atoms with E-state index in [1.165, 1.54) is 31.5 Å². The Balaban J connectivity index is 1.93. The van der Waals surface area contributed by atoms with Crippen LogP contribution >= 0.6 is 0 Å². The highest BCUT2D eigenvalue weighted by atomic mass is 19.1. The Bertz CT molecular complexity index is 1270. The zero-order valence-corrected chi connectivity index (χ0v) is 15.1. The predicted molar refractivity (Wildman–Crippen MR) is 103 cm³/mol. The van der Waals surface area contributed by atoms with Crippen molar-refractivity contribution in [3.63, 3.8) is 0 Å². The number of benzene rings is 2. The number of pyridine rings is 1. The van der Waals surface area contributed by atoms with Crippen LogP contribution in [0.15, 0.2) is 36.4 Å². The van der Waals surface area contributed by atoms with Gasteiger partial charge in [0.2, 0.25) is 0 Å². The first-order chi connectivity index (χ1) is 13.5. The third kappa shape index (κ3) is 3.07. The summed E-state index contributed by atoms with van der Waals surface area (Å²) in [4.78, 5) is 28.2. The van der Waals surface area contributed by atoms with Crippen molar-refractivity contribution in [2.24, 2.45) is 0 Å². The van der Waals surface area contributed by atoms with Crippen LogP contribution in [-0.4, -0.2) is 24.0 Å². The summed E-state index contributed by atoms with van der Waals surface area (Å²) >= 11 is 0. The molecule has 0 saturated carbocycles. The molecule has 2 aromatic carbocycles. The van der Waals surface area contributed by atoms with Crippen molar-refractivity contribution >= 4 is 46.6 Å². The largest absolute Gasteiger partial charge is 0.465 e. The minimum Gasteiger partial charge on any atom is -0.465 e. The van der Waals surface area contributed by atoms with Gasteiger partial charge in [0.15, 0.2) is 0 Å². The van der Waals surface area contributed by atoms with Crippen LogP contribution in [0.1, 0.15) is 15.9 Å². The van der Waals surface area contributed by atoms with E-state index in [0.29, 0.717) is 38.4 Å². The highest BCUT2D eigenvalue weighted by molar-refractivity contribution is 6.08. The number of carbonyl (C=O) groups is 2. The van der Waals surface area contributed by atoms with Crippen molar-refractivity contribution in [2.75, 3.05) is 12.4 Å². The van der Waals surface area contributed by atoms with Crippen LogP contribution in [0, 0.1) is 12.7 Å². The van der Waals surface area contributed by atoms with Crippen molar-refractivity contribution in [1.82, 2.24) is 10.3 Å². The average molecular weight is 376 g/mol. The maximum Gasteiger partial charge on any atom is 0.337 e. The lowest BCUT2D eigenvalue weighted by molar-refractivity contribution is -0.114. The van der Waals surface area contributed by atoms with Crippen molar-refractivity contribution in [1.29, 1.82) is 0 Å². The van der Waals surface area contributed by atoms with Crippen molar-refractivity contribution in [3.05, 3.63) is 63.8 Å². The van der Waals surface area contributed by atoms with Crippen LogP contribution in [0.4, 0.5) is 15.9 Å². The van der Waals surface area contributed by atoms with E-state index >= 15 is 0 Å². The van der Waals surface area contributed by atoms with E-state index < -0.39 is 17.7 Å². The second-order valence-corrected chi connectivity index (χ2v) is 6.34. The molecule has 1 aliphatic heterocycles. The molecule has 1 amide bonds. The second kappa shape index (κ2) is 6.77. The number of anilines is 2. The smallest absolute Gasteiger partial charge is 0.337 e. The number of amides is 1. The molecule has 6 nitrogen and oxygen atoms in total. The van der Waals surface area contributed by atoms with Crippen molar-refractivity contribution in [3.8, 4) is 0 Å². The lowest BCUT2D eigenvalue weighted by atomic mass is 10.1. The van der Waals surface area contributed by atoms with Gasteiger partial charge < -0.3 is 10.1 Å². The topological polar surface area (TPSA) is 82.4 Å². The number of aryl methyl sites for hydroxylation is 1. The van der Waals surface area contributed by atoms with Crippen molar-refractivity contribution < 1.29 is 18.7 Å². The summed E-state index contributed by atoms with van der Waals surface area (Å²) in [7, 11) is 1.32. The fraction of sp³-hybridized carbons (Fsp3) is 0.0952. The number of halogens is 1. The van der Waals surface area contributed by atoms with Gasteiger partial charge in [-0.2, -0.15) is 0 Å². The summed E-state index contributed by atoms with van der Waals surface area (Å²) in [6.07, 6.45) is 2.78. The van der Waals surface area contributed by atoms with Gasteiger partial charge >= 0.3 is 5.97 Å². The molecule has 1 aromatic heterocycles. The second-order valence-electron chi connectivity index (χ2n) is 6.34. The molecule has 0 fully saturated rings. The summed E-state index contributed by atoms with van der Waals surface area (Å²) in [6, 6.07) is 9.36. The van der Waals surface area contributed by atoms with Crippen LogP contribution < -0.4 is 21.1 Å². The Morgan fingerprint density at radius 3 is 2.75 bits per heavy atom. The fourth-order valence-electron chi connectivity index (χ4n) is 3.07. The molecule has 2 heterocycles. The Labute approximate surface area is 159 Å². The highest BCUT2D eigenvalue weighted by Crippen LogP contribution is 2.21. The Morgan fingerprint density at radius 2 is 1.96 bits per heavy atom. The molecule has 0 bridgehead atoms. The quantitative estimate of drug-likeness (QED) is 0.706. The number of aromatic nitrogens is 1. The molecular formula is C21H15FN3O3. The fourth-order valence-corrected chi connectivity index (χ4v) is 3.07. The summed E-state index contributed by atoms with van der Waals surface area (Å²) in [5, 5.41) is 8.68. The summed E-state index contributed by atoms with van der Waals surface area (Å²) < 4.78 is 18.5. The predicted octanol–water partition coefficient (Wildman–Crippen LogP) is 1.88. The Hall–Kier alpha value is -3.74. The monoisotopic (exact) mass is 376 g/mol. The highest BCUT2D eigenvalue weighted by Gasteiger charge is 2.14. The number of esters is 1. The minimum absolute atomic E-state index is 0.383. The molecule has 1 radical (unpaired) electrons. The van der Waals surface area contributed by atoms with E-state index in [2.05, 4.69) is 15.6 Å². The first kappa shape index (κ1) is 17.7. The summed E-state index contributed by atoms with van der Waals surface area (Å²) in [6.45, 7) is 1.88. The van der Waals surface area contributed by atoms with Gasteiger partial charge in [-0.25, -0.2) is 19.5 Å². The normalized spacial score (nSPS) is 12.5. The number of nitrogens with zero attached hydrogens (tertiary/aromatic N) is 2. The number of nitrogens with one attached hydrogen (secondary N) is 1. The molecule has 0 atom stereocenters. The van der Waals surface area contributed by atoms with Gasteiger partial charge in [-0.3, -0.25) is 4.79 Å². The maximum atomic E-state index is 13.7. The molecule has 1 aliphatic rings. The Kier molecular flexibility index (Phi) is 4.27. The number of rotatable bonds is 3.